The van der Waals surface area contributed by atoms with Crippen LogP contribution in [0.25, 0.3) is 0 Å². The van der Waals surface area contributed by atoms with Crippen LogP contribution in [0.3, 0.4) is 0 Å². The molecule has 1 aliphatic rings. The van der Waals surface area contributed by atoms with Crippen LogP contribution < -0.4 is 5.32 Å². The van der Waals surface area contributed by atoms with E-state index in [1.165, 1.54) is 4.68 Å². The van der Waals surface area contributed by atoms with Crippen molar-refractivity contribution in [3.05, 3.63) is 41.3 Å². The quantitative estimate of drug-likeness (QED) is 0.936. The second-order valence-electron chi connectivity index (χ2n) is 6.34. The average molecular weight is 328 g/mol. The van der Waals surface area contributed by atoms with Crippen LogP contribution in [0.15, 0.2) is 24.4 Å². The fourth-order valence-electron chi connectivity index (χ4n) is 3.02. The number of aromatic nitrogens is 3. The molecule has 0 saturated heterocycles. The van der Waals surface area contributed by atoms with E-state index in [9.17, 15) is 9.59 Å². The summed E-state index contributed by atoms with van der Waals surface area (Å²) in [6.45, 7) is 6.13. The summed E-state index contributed by atoms with van der Waals surface area (Å²) in [7, 11) is 0. The molecule has 0 unspecified atom stereocenters. The molecule has 2 aromatic heterocycles. The number of nitrogens with one attached hydrogen (secondary N) is 1. The van der Waals surface area contributed by atoms with Crippen molar-refractivity contribution < 1.29 is 14.3 Å². The minimum atomic E-state index is -0.526. The Balaban J connectivity index is 1.97. The third-order valence-corrected chi connectivity index (χ3v) is 4.19. The van der Waals surface area contributed by atoms with Gasteiger partial charge in [-0.15, -0.1) is 5.10 Å². The summed E-state index contributed by atoms with van der Waals surface area (Å²) in [5.74, 6) is 0.0518. The molecule has 0 aromatic carbocycles. The molecule has 1 amide bonds. The van der Waals surface area contributed by atoms with E-state index in [0.29, 0.717) is 11.5 Å². The van der Waals surface area contributed by atoms with Gasteiger partial charge in [0.05, 0.1) is 12.3 Å². The highest BCUT2D eigenvalue weighted by atomic mass is 16.6. The Morgan fingerprint density at radius 1 is 1.38 bits per heavy atom. The molecule has 126 valence electrons. The second kappa shape index (κ2) is 6.07. The molecule has 2 heterocycles. The molecule has 0 fully saturated rings. The zero-order valence-electron chi connectivity index (χ0n) is 14.0. The minimum Gasteiger partial charge on any atom is -0.448 e. The van der Waals surface area contributed by atoms with E-state index in [1.54, 1.807) is 31.3 Å². The highest BCUT2D eigenvalue weighted by molar-refractivity contribution is 6.02. The first-order chi connectivity index (χ1) is 11.4. The first kappa shape index (κ1) is 16.2. The van der Waals surface area contributed by atoms with Crippen LogP contribution in [0.5, 0.6) is 0 Å². The maximum absolute atomic E-state index is 12.3. The lowest BCUT2D eigenvalue weighted by molar-refractivity contribution is 0.102. The lowest BCUT2D eigenvalue weighted by Gasteiger charge is -2.19. The normalized spacial score (nSPS) is 15.0. The van der Waals surface area contributed by atoms with E-state index >= 15 is 0 Å². The number of pyridine rings is 1. The standard InChI is InChI=1S/C17H20N4O3/c1-4-24-16(23)21-13-11(8-9-17(13,2)3)14(20-21)19-15(22)12-7-5-6-10-18-12/h5-7,10H,4,8-9H2,1-3H3,(H,19,20,22). The van der Waals surface area contributed by atoms with Gasteiger partial charge in [-0.1, -0.05) is 19.9 Å². The molecule has 0 bridgehead atoms. The maximum atomic E-state index is 12.3. The molecule has 1 aliphatic carbocycles. The number of carbonyl (C=O) groups excluding carboxylic acids is 2. The van der Waals surface area contributed by atoms with Crippen molar-refractivity contribution in [1.29, 1.82) is 0 Å². The van der Waals surface area contributed by atoms with E-state index in [0.717, 1.165) is 24.1 Å². The topological polar surface area (TPSA) is 86.1 Å². The van der Waals surface area contributed by atoms with Gasteiger partial charge >= 0.3 is 6.09 Å². The summed E-state index contributed by atoms with van der Waals surface area (Å²) in [5, 5.41) is 7.07. The van der Waals surface area contributed by atoms with Crippen LogP contribution in [0.2, 0.25) is 0 Å². The molecule has 3 rings (SSSR count). The molecule has 0 atom stereocenters. The van der Waals surface area contributed by atoms with Crippen molar-refractivity contribution in [2.75, 3.05) is 11.9 Å². The van der Waals surface area contributed by atoms with Crippen molar-refractivity contribution in [2.45, 2.75) is 39.0 Å². The summed E-state index contributed by atoms with van der Waals surface area (Å²) >= 11 is 0. The Bertz CT molecular complexity index is 781. The van der Waals surface area contributed by atoms with Crippen molar-refractivity contribution >= 4 is 17.8 Å². The number of rotatable bonds is 3. The number of carbonyl (C=O) groups is 2. The first-order valence-corrected chi connectivity index (χ1v) is 7.96. The highest BCUT2D eigenvalue weighted by Crippen LogP contribution is 2.41. The van der Waals surface area contributed by atoms with E-state index in [2.05, 4.69) is 29.2 Å². The molecule has 1 N–H and O–H groups in total. The molecule has 7 nitrogen and oxygen atoms in total. The van der Waals surface area contributed by atoms with Gasteiger partial charge in [-0.05, 0) is 31.9 Å². The number of amides is 1. The van der Waals surface area contributed by atoms with Gasteiger partial charge in [0.1, 0.15) is 5.69 Å². The lowest BCUT2D eigenvalue weighted by atomic mass is 9.91. The van der Waals surface area contributed by atoms with Crippen LogP contribution in [0, 0.1) is 0 Å². The SMILES string of the molecule is CCOC(=O)n1nc(NC(=O)c2ccccn2)c2c1C(C)(C)CC2. The van der Waals surface area contributed by atoms with Gasteiger partial charge in [-0.3, -0.25) is 9.78 Å². The minimum absolute atomic E-state index is 0.205. The van der Waals surface area contributed by atoms with Gasteiger partial charge in [0.2, 0.25) is 0 Å². The van der Waals surface area contributed by atoms with Gasteiger partial charge in [0.25, 0.3) is 5.91 Å². The Morgan fingerprint density at radius 3 is 2.83 bits per heavy atom. The third-order valence-electron chi connectivity index (χ3n) is 4.19. The maximum Gasteiger partial charge on any atom is 0.435 e. The van der Waals surface area contributed by atoms with Crippen molar-refractivity contribution in [3.63, 3.8) is 0 Å². The summed E-state index contributed by atoms with van der Waals surface area (Å²) in [6, 6.07) is 5.11. The molecule has 0 saturated carbocycles. The Hall–Kier alpha value is -2.70. The van der Waals surface area contributed by atoms with E-state index in [1.807, 2.05) is 0 Å². The molecule has 7 heteroatoms. The van der Waals surface area contributed by atoms with Crippen LogP contribution in [0.1, 0.15) is 48.9 Å². The Kier molecular flexibility index (Phi) is 4.09. The van der Waals surface area contributed by atoms with E-state index in [4.69, 9.17) is 4.74 Å². The Labute approximate surface area is 140 Å². The molecular weight excluding hydrogens is 308 g/mol. The number of nitrogens with zero attached hydrogens (tertiary/aromatic N) is 3. The highest BCUT2D eigenvalue weighted by Gasteiger charge is 2.39. The van der Waals surface area contributed by atoms with Gasteiger partial charge in [-0.2, -0.15) is 4.68 Å². The molecule has 24 heavy (non-hydrogen) atoms. The van der Waals surface area contributed by atoms with Gasteiger partial charge < -0.3 is 10.1 Å². The van der Waals surface area contributed by atoms with Crippen LogP contribution in [-0.4, -0.2) is 33.4 Å². The predicted molar refractivity (Wildman–Crippen MR) is 88.2 cm³/mol. The monoisotopic (exact) mass is 328 g/mol. The number of anilines is 1. The number of hydrogen-bond donors (Lipinski definition) is 1. The van der Waals surface area contributed by atoms with Crippen molar-refractivity contribution in [3.8, 4) is 0 Å². The first-order valence-electron chi connectivity index (χ1n) is 7.96. The van der Waals surface area contributed by atoms with Gasteiger partial charge in [0.15, 0.2) is 5.82 Å². The number of hydrogen-bond acceptors (Lipinski definition) is 5. The van der Waals surface area contributed by atoms with E-state index in [-0.39, 0.29) is 17.9 Å². The van der Waals surface area contributed by atoms with Gasteiger partial charge in [-0.25, -0.2) is 4.79 Å². The van der Waals surface area contributed by atoms with E-state index < -0.39 is 6.09 Å². The predicted octanol–water partition coefficient (Wildman–Crippen LogP) is 2.76. The molecule has 0 spiro atoms. The smallest absolute Gasteiger partial charge is 0.435 e. The zero-order chi connectivity index (χ0) is 17.3. The number of fused-ring (bicyclic) bond motifs is 1. The molecule has 0 radical (unpaired) electrons. The largest absolute Gasteiger partial charge is 0.448 e. The lowest BCUT2D eigenvalue weighted by Crippen LogP contribution is -2.25. The molecular formula is C17H20N4O3. The fourth-order valence-corrected chi connectivity index (χ4v) is 3.02. The summed E-state index contributed by atoms with van der Waals surface area (Å²) in [5.41, 5.74) is 1.78. The molecule has 2 aromatic rings. The second-order valence-corrected chi connectivity index (χ2v) is 6.34. The average Bonchev–Trinajstić information content (AvgIpc) is 3.08. The van der Waals surface area contributed by atoms with Crippen molar-refractivity contribution in [1.82, 2.24) is 14.8 Å². The Morgan fingerprint density at radius 2 is 2.17 bits per heavy atom. The zero-order valence-corrected chi connectivity index (χ0v) is 14.0. The third kappa shape index (κ3) is 2.77. The summed E-state index contributed by atoms with van der Waals surface area (Å²) in [4.78, 5) is 28.6. The fraction of sp³-hybridized carbons (Fsp3) is 0.412. The molecule has 0 aliphatic heterocycles. The van der Waals surface area contributed by atoms with Crippen LogP contribution >= 0.6 is 0 Å². The van der Waals surface area contributed by atoms with Gasteiger partial charge in [0, 0.05) is 17.2 Å². The summed E-state index contributed by atoms with van der Waals surface area (Å²) < 4.78 is 6.36. The van der Waals surface area contributed by atoms with Crippen LogP contribution in [0.4, 0.5) is 10.6 Å². The van der Waals surface area contributed by atoms with Crippen LogP contribution in [-0.2, 0) is 16.6 Å². The van der Waals surface area contributed by atoms with Crippen molar-refractivity contribution in [2.24, 2.45) is 0 Å². The summed E-state index contributed by atoms with van der Waals surface area (Å²) in [6.07, 6.45) is 2.66. The number of ether oxygens (including phenoxy) is 1.